The first kappa shape index (κ1) is 21.8. The maximum Gasteiger partial charge on any atom is 0.254 e. The Hall–Kier alpha value is -2.41. The van der Waals surface area contributed by atoms with Crippen LogP contribution < -0.4 is 4.74 Å². The number of piperazine rings is 1. The molecule has 0 atom stereocenters. The highest BCUT2D eigenvalue weighted by Crippen LogP contribution is 2.26. The first-order valence-corrected chi connectivity index (χ1v) is 12.3. The average molecular weight is 442 g/mol. The molecule has 0 N–H and O–H groups in total. The predicted octanol–water partition coefficient (Wildman–Crippen LogP) is 4.02. The minimum atomic E-state index is 0.00440. The first-order chi connectivity index (χ1) is 15.2. The summed E-state index contributed by atoms with van der Waals surface area (Å²) in [6, 6.07) is 7.50. The van der Waals surface area contributed by atoms with Gasteiger partial charge in [-0.1, -0.05) is 38.2 Å². The molecule has 166 valence electrons. The molecule has 0 bridgehead atoms. The Kier molecular flexibility index (Phi) is 7.57. The van der Waals surface area contributed by atoms with E-state index >= 15 is 0 Å². The van der Waals surface area contributed by atoms with E-state index in [4.69, 9.17) is 4.74 Å². The SMILES string of the molecule is O=C(Cc1nccs1)N1CCN(C(=O)c2cccc(OCCC3CCCCC3)c2)CC1. The number of aromatic nitrogens is 1. The van der Waals surface area contributed by atoms with Crippen LogP contribution in [0.5, 0.6) is 5.75 Å². The summed E-state index contributed by atoms with van der Waals surface area (Å²) in [6.07, 6.45) is 9.85. The predicted molar refractivity (Wildman–Crippen MR) is 121 cm³/mol. The van der Waals surface area contributed by atoms with E-state index in [-0.39, 0.29) is 11.8 Å². The Morgan fingerprint density at radius 1 is 1.06 bits per heavy atom. The molecule has 2 heterocycles. The van der Waals surface area contributed by atoms with Gasteiger partial charge in [0.1, 0.15) is 10.8 Å². The van der Waals surface area contributed by atoms with Gasteiger partial charge < -0.3 is 14.5 Å². The number of benzene rings is 1. The maximum absolute atomic E-state index is 13.0. The Balaban J connectivity index is 1.24. The number of amides is 2. The largest absolute Gasteiger partial charge is 0.494 e. The number of rotatable bonds is 7. The summed E-state index contributed by atoms with van der Waals surface area (Å²) in [5.74, 6) is 1.63. The van der Waals surface area contributed by atoms with Crippen molar-refractivity contribution < 1.29 is 14.3 Å². The fraction of sp³-hybridized carbons (Fsp3) is 0.542. The number of nitrogens with zero attached hydrogens (tertiary/aromatic N) is 3. The van der Waals surface area contributed by atoms with Crippen LogP contribution in [-0.2, 0) is 11.2 Å². The van der Waals surface area contributed by atoms with E-state index in [9.17, 15) is 9.59 Å². The lowest BCUT2D eigenvalue weighted by Gasteiger charge is -2.34. The fourth-order valence-electron chi connectivity index (χ4n) is 4.46. The molecule has 6 nitrogen and oxygen atoms in total. The van der Waals surface area contributed by atoms with Crippen LogP contribution in [0.2, 0.25) is 0 Å². The standard InChI is InChI=1S/C24H31N3O3S/c28-23(18-22-25-10-16-31-22)26-11-13-27(14-12-26)24(29)20-7-4-8-21(17-20)30-15-9-19-5-2-1-3-6-19/h4,7-8,10,16-17,19H,1-3,5-6,9,11-15,18H2. The van der Waals surface area contributed by atoms with E-state index in [0.717, 1.165) is 23.1 Å². The van der Waals surface area contributed by atoms with Crippen molar-refractivity contribution in [3.05, 3.63) is 46.4 Å². The van der Waals surface area contributed by atoms with Crippen LogP contribution in [0.3, 0.4) is 0 Å². The maximum atomic E-state index is 13.0. The molecule has 1 aliphatic heterocycles. The third-order valence-electron chi connectivity index (χ3n) is 6.31. The smallest absolute Gasteiger partial charge is 0.254 e. The van der Waals surface area contributed by atoms with Gasteiger partial charge in [0.15, 0.2) is 0 Å². The Labute approximate surface area is 188 Å². The monoisotopic (exact) mass is 441 g/mol. The van der Waals surface area contributed by atoms with Gasteiger partial charge in [-0.2, -0.15) is 0 Å². The number of carbonyl (C=O) groups is 2. The van der Waals surface area contributed by atoms with Crippen molar-refractivity contribution in [3.63, 3.8) is 0 Å². The molecule has 2 aromatic rings. The van der Waals surface area contributed by atoms with Crippen LogP contribution in [0.25, 0.3) is 0 Å². The van der Waals surface area contributed by atoms with Crippen molar-refractivity contribution in [3.8, 4) is 5.75 Å². The Bertz CT molecular complexity index is 857. The summed E-state index contributed by atoms with van der Waals surface area (Å²) < 4.78 is 5.96. The molecule has 1 saturated carbocycles. The van der Waals surface area contributed by atoms with Gasteiger partial charge in [-0.3, -0.25) is 9.59 Å². The van der Waals surface area contributed by atoms with Crippen LogP contribution in [0, 0.1) is 5.92 Å². The molecule has 0 unspecified atom stereocenters. The molecule has 7 heteroatoms. The molecule has 2 aliphatic rings. The summed E-state index contributed by atoms with van der Waals surface area (Å²) in [5, 5.41) is 2.72. The van der Waals surface area contributed by atoms with E-state index in [1.165, 1.54) is 43.4 Å². The Morgan fingerprint density at radius 2 is 1.84 bits per heavy atom. The van der Waals surface area contributed by atoms with Crippen LogP contribution in [0.4, 0.5) is 0 Å². The third kappa shape index (κ3) is 6.06. The molecule has 31 heavy (non-hydrogen) atoms. The topological polar surface area (TPSA) is 62.7 Å². The summed E-state index contributed by atoms with van der Waals surface area (Å²) in [7, 11) is 0. The van der Waals surface area contributed by atoms with Gasteiger partial charge >= 0.3 is 0 Å². The molecular formula is C24H31N3O3S. The lowest BCUT2D eigenvalue weighted by molar-refractivity contribution is -0.131. The highest BCUT2D eigenvalue weighted by molar-refractivity contribution is 7.09. The molecule has 1 saturated heterocycles. The molecule has 2 fully saturated rings. The quantitative estimate of drug-likeness (QED) is 0.651. The molecule has 4 rings (SSSR count). The molecule has 0 spiro atoms. The van der Waals surface area contributed by atoms with Crippen LogP contribution in [0.15, 0.2) is 35.8 Å². The third-order valence-corrected chi connectivity index (χ3v) is 7.09. The zero-order chi connectivity index (χ0) is 21.5. The van der Waals surface area contributed by atoms with E-state index < -0.39 is 0 Å². The fourth-order valence-corrected chi connectivity index (χ4v) is 5.07. The van der Waals surface area contributed by atoms with Gasteiger partial charge in [-0.05, 0) is 30.5 Å². The number of carbonyl (C=O) groups excluding carboxylic acids is 2. The summed E-state index contributed by atoms with van der Waals surface area (Å²) in [4.78, 5) is 33.2. The number of hydrogen-bond acceptors (Lipinski definition) is 5. The van der Waals surface area contributed by atoms with Crippen LogP contribution >= 0.6 is 11.3 Å². The molecule has 1 aliphatic carbocycles. The second kappa shape index (κ2) is 10.8. The summed E-state index contributed by atoms with van der Waals surface area (Å²) in [6.45, 7) is 2.94. The van der Waals surface area contributed by atoms with Gasteiger partial charge in [0, 0.05) is 43.3 Å². The van der Waals surface area contributed by atoms with Crippen molar-refractivity contribution >= 4 is 23.2 Å². The minimum Gasteiger partial charge on any atom is -0.494 e. The van der Waals surface area contributed by atoms with Crippen molar-refractivity contribution in [2.24, 2.45) is 5.92 Å². The number of hydrogen-bond donors (Lipinski definition) is 0. The average Bonchev–Trinajstić information content (AvgIpc) is 3.33. The van der Waals surface area contributed by atoms with Crippen molar-refractivity contribution in [2.45, 2.75) is 44.9 Å². The normalized spacial score (nSPS) is 17.5. The van der Waals surface area contributed by atoms with Gasteiger partial charge in [0.25, 0.3) is 5.91 Å². The van der Waals surface area contributed by atoms with Gasteiger partial charge in [-0.15, -0.1) is 11.3 Å². The molecule has 1 aromatic carbocycles. The second-order valence-corrected chi connectivity index (χ2v) is 9.42. The lowest BCUT2D eigenvalue weighted by Crippen LogP contribution is -2.51. The van der Waals surface area contributed by atoms with Crippen molar-refractivity contribution in [1.82, 2.24) is 14.8 Å². The van der Waals surface area contributed by atoms with Gasteiger partial charge in [0.05, 0.1) is 13.0 Å². The van der Waals surface area contributed by atoms with E-state index in [0.29, 0.717) is 44.8 Å². The van der Waals surface area contributed by atoms with E-state index in [1.807, 2.05) is 39.4 Å². The molecule has 1 aromatic heterocycles. The number of ether oxygens (including phenoxy) is 1. The highest BCUT2D eigenvalue weighted by atomic mass is 32.1. The van der Waals surface area contributed by atoms with Crippen molar-refractivity contribution in [2.75, 3.05) is 32.8 Å². The summed E-state index contributed by atoms with van der Waals surface area (Å²) in [5.41, 5.74) is 0.651. The zero-order valence-electron chi connectivity index (χ0n) is 18.0. The molecular weight excluding hydrogens is 410 g/mol. The molecule has 2 amide bonds. The zero-order valence-corrected chi connectivity index (χ0v) is 18.8. The Morgan fingerprint density at radius 3 is 2.58 bits per heavy atom. The van der Waals surface area contributed by atoms with Crippen LogP contribution in [-0.4, -0.2) is 59.4 Å². The first-order valence-electron chi connectivity index (χ1n) is 11.4. The summed E-state index contributed by atoms with van der Waals surface area (Å²) >= 11 is 1.50. The van der Waals surface area contributed by atoms with Crippen molar-refractivity contribution in [1.29, 1.82) is 0 Å². The highest BCUT2D eigenvalue weighted by Gasteiger charge is 2.25. The minimum absolute atomic E-state index is 0.00440. The lowest BCUT2D eigenvalue weighted by atomic mass is 9.87. The van der Waals surface area contributed by atoms with E-state index in [1.54, 1.807) is 6.20 Å². The van der Waals surface area contributed by atoms with Gasteiger partial charge in [0.2, 0.25) is 5.91 Å². The molecule has 0 radical (unpaired) electrons. The van der Waals surface area contributed by atoms with Crippen LogP contribution in [0.1, 0.15) is 53.9 Å². The van der Waals surface area contributed by atoms with Gasteiger partial charge in [-0.25, -0.2) is 4.98 Å². The van der Waals surface area contributed by atoms with E-state index in [2.05, 4.69) is 4.98 Å². The second-order valence-electron chi connectivity index (χ2n) is 8.44. The number of thiazole rings is 1.